The van der Waals surface area contributed by atoms with E-state index in [-0.39, 0.29) is 5.54 Å². The Bertz CT molecular complexity index is 298. The second kappa shape index (κ2) is 4.49. The standard InChI is InChI=1S/C16H32N2/c1-14(2,3)18-10-9-17-13-15(4,5)12-7-8-16(13,6)11-12/h12-13,17-18H,7-11H2,1-6H3. The molecule has 2 aliphatic carbocycles. The van der Waals surface area contributed by atoms with E-state index in [1.807, 2.05) is 0 Å². The molecule has 0 heterocycles. The Morgan fingerprint density at radius 1 is 1.11 bits per heavy atom. The zero-order valence-electron chi connectivity index (χ0n) is 13.2. The number of rotatable bonds is 4. The lowest BCUT2D eigenvalue weighted by molar-refractivity contribution is 0.109. The van der Waals surface area contributed by atoms with Crippen LogP contribution in [0.5, 0.6) is 0 Å². The molecule has 106 valence electrons. The smallest absolute Gasteiger partial charge is 0.0175 e. The maximum atomic E-state index is 3.85. The average molecular weight is 252 g/mol. The van der Waals surface area contributed by atoms with Gasteiger partial charge in [-0.15, -0.1) is 0 Å². The van der Waals surface area contributed by atoms with E-state index < -0.39 is 0 Å². The third kappa shape index (κ3) is 2.60. The fourth-order valence-corrected chi connectivity index (χ4v) is 4.47. The van der Waals surface area contributed by atoms with Crippen molar-refractivity contribution in [2.24, 2.45) is 16.7 Å². The van der Waals surface area contributed by atoms with Crippen LogP contribution in [-0.4, -0.2) is 24.7 Å². The van der Waals surface area contributed by atoms with Crippen molar-refractivity contribution in [3.05, 3.63) is 0 Å². The molecule has 2 N–H and O–H groups in total. The Balaban J connectivity index is 1.86. The van der Waals surface area contributed by atoms with E-state index in [1.54, 1.807) is 0 Å². The maximum absolute atomic E-state index is 3.85. The lowest BCUT2D eigenvalue weighted by Gasteiger charge is -2.43. The van der Waals surface area contributed by atoms with E-state index in [9.17, 15) is 0 Å². The molecule has 2 bridgehead atoms. The summed E-state index contributed by atoms with van der Waals surface area (Å²) in [5, 5.41) is 7.42. The van der Waals surface area contributed by atoms with Crippen LogP contribution in [-0.2, 0) is 0 Å². The molecule has 0 saturated heterocycles. The summed E-state index contributed by atoms with van der Waals surface area (Å²) in [5.41, 5.74) is 1.26. The summed E-state index contributed by atoms with van der Waals surface area (Å²) in [6, 6.07) is 0.700. The molecule has 2 aliphatic rings. The van der Waals surface area contributed by atoms with Gasteiger partial charge in [-0.05, 0) is 56.8 Å². The maximum Gasteiger partial charge on any atom is 0.0175 e. The topological polar surface area (TPSA) is 24.1 Å². The van der Waals surface area contributed by atoms with Crippen LogP contribution in [0.25, 0.3) is 0 Å². The molecular formula is C16H32N2. The van der Waals surface area contributed by atoms with E-state index in [2.05, 4.69) is 52.2 Å². The third-order valence-electron chi connectivity index (χ3n) is 5.40. The van der Waals surface area contributed by atoms with Gasteiger partial charge in [-0.3, -0.25) is 0 Å². The zero-order valence-corrected chi connectivity index (χ0v) is 13.2. The molecule has 0 aromatic carbocycles. The van der Waals surface area contributed by atoms with Gasteiger partial charge >= 0.3 is 0 Å². The first-order valence-electron chi connectivity index (χ1n) is 7.64. The molecule has 2 nitrogen and oxygen atoms in total. The largest absolute Gasteiger partial charge is 0.312 e. The van der Waals surface area contributed by atoms with Crippen molar-refractivity contribution in [3.63, 3.8) is 0 Å². The predicted molar refractivity (Wildman–Crippen MR) is 78.8 cm³/mol. The molecule has 18 heavy (non-hydrogen) atoms. The molecule has 0 aromatic rings. The van der Waals surface area contributed by atoms with E-state index in [0.717, 1.165) is 19.0 Å². The molecule has 0 radical (unpaired) electrons. The van der Waals surface area contributed by atoms with Gasteiger partial charge in [0.25, 0.3) is 0 Å². The average Bonchev–Trinajstić information content (AvgIpc) is 2.66. The van der Waals surface area contributed by atoms with Crippen LogP contribution < -0.4 is 10.6 Å². The molecule has 3 unspecified atom stereocenters. The van der Waals surface area contributed by atoms with Crippen molar-refractivity contribution in [2.75, 3.05) is 13.1 Å². The van der Waals surface area contributed by atoms with E-state index in [0.29, 0.717) is 16.9 Å². The summed E-state index contributed by atoms with van der Waals surface area (Å²) in [4.78, 5) is 0. The number of hydrogen-bond acceptors (Lipinski definition) is 2. The molecule has 2 rings (SSSR count). The highest BCUT2D eigenvalue weighted by Gasteiger charge is 2.58. The fourth-order valence-electron chi connectivity index (χ4n) is 4.47. The summed E-state index contributed by atoms with van der Waals surface area (Å²) in [6.07, 6.45) is 4.30. The number of nitrogens with one attached hydrogen (secondary N) is 2. The predicted octanol–water partition coefficient (Wildman–Crippen LogP) is 3.18. The molecular weight excluding hydrogens is 220 g/mol. The number of fused-ring (bicyclic) bond motifs is 2. The summed E-state index contributed by atoms with van der Waals surface area (Å²) >= 11 is 0. The number of hydrogen-bond donors (Lipinski definition) is 2. The first-order chi connectivity index (χ1) is 8.15. The second-order valence-electron chi connectivity index (χ2n) is 8.48. The molecule has 2 saturated carbocycles. The van der Waals surface area contributed by atoms with Crippen molar-refractivity contribution in [3.8, 4) is 0 Å². The monoisotopic (exact) mass is 252 g/mol. The van der Waals surface area contributed by atoms with Gasteiger partial charge in [-0.25, -0.2) is 0 Å². The van der Waals surface area contributed by atoms with Crippen molar-refractivity contribution < 1.29 is 0 Å². The Labute approximate surface area is 113 Å². The van der Waals surface area contributed by atoms with E-state index >= 15 is 0 Å². The van der Waals surface area contributed by atoms with Crippen LogP contribution in [0.15, 0.2) is 0 Å². The van der Waals surface area contributed by atoms with E-state index in [4.69, 9.17) is 0 Å². The molecule has 0 aliphatic heterocycles. The minimum Gasteiger partial charge on any atom is -0.312 e. The fraction of sp³-hybridized carbons (Fsp3) is 1.00. The Hall–Kier alpha value is -0.0800. The van der Waals surface area contributed by atoms with Gasteiger partial charge < -0.3 is 10.6 Å². The van der Waals surface area contributed by atoms with Crippen LogP contribution in [0, 0.1) is 16.7 Å². The Morgan fingerprint density at radius 3 is 2.28 bits per heavy atom. The molecule has 0 spiro atoms. The van der Waals surface area contributed by atoms with Gasteiger partial charge in [-0.1, -0.05) is 20.8 Å². The van der Waals surface area contributed by atoms with Crippen molar-refractivity contribution in [2.45, 2.75) is 72.4 Å². The molecule has 2 heteroatoms. The summed E-state index contributed by atoms with van der Waals surface area (Å²) in [5.74, 6) is 0.940. The van der Waals surface area contributed by atoms with Crippen LogP contribution in [0.3, 0.4) is 0 Å². The molecule has 0 aromatic heterocycles. The van der Waals surface area contributed by atoms with Crippen molar-refractivity contribution in [1.82, 2.24) is 10.6 Å². The highest BCUT2D eigenvalue weighted by atomic mass is 15.0. The van der Waals surface area contributed by atoms with Gasteiger partial charge in [-0.2, -0.15) is 0 Å². The summed E-state index contributed by atoms with van der Waals surface area (Å²) in [6.45, 7) is 16.3. The van der Waals surface area contributed by atoms with Gasteiger partial charge in [0.15, 0.2) is 0 Å². The zero-order chi connectivity index (χ0) is 13.6. The van der Waals surface area contributed by atoms with Crippen molar-refractivity contribution >= 4 is 0 Å². The Morgan fingerprint density at radius 2 is 1.78 bits per heavy atom. The molecule has 2 fully saturated rings. The van der Waals surface area contributed by atoms with E-state index in [1.165, 1.54) is 19.3 Å². The van der Waals surface area contributed by atoms with Crippen molar-refractivity contribution in [1.29, 1.82) is 0 Å². The van der Waals surface area contributed by atoms with Gasteiger partial charge in [0.05, 0.1) is 0 Å². The van der Waals surface area contributed by atoms with Gasteiger partial charge in [0.2, 0.25) is 0 Å². The Kier molecular flexibility index (Phi) is 3.57. The highest BCUT2D eigenvalue weighted by Crippen LogP contribution is 2.62. The quantitative estimate of drug-likeness (QED) is 0.751. The first-order valence-corrected chi connectivity index (χ1v) is 7.64. The van der Waals surface area contributed by atoms with Crippen LogP contribution in [0.4, 0.5) is 0 Å². The third-order valence-corrected chi connectivity index (χ3v) is 5.40. The lowest BCUT2D eigenvalue weighted by atomic mass is 9.68. The molecule has 3 atom stereocenters. The van der Waals surface area contributed by atoms with Crippen LogP contribution in [0.2, 0.25) is 0 Å². The SMILES string of the molecule is CC(C)(C)NCCNC1C2(C)CCC(C2)C1(C)C. The van der Waals surface area contributed by atoms with Crippen LogP contribution in [0.1, 0.15) is 60.8 Å². The van der Waals surface area contributed by atoms with Gasteiger partial charge in [0, 0.05) is 24.7 Å². The molecule has 0 amide bonds. The van der Waals surface area contributed by atoms with Crippen LogP contribution >= 0.6 is 0 Å². The summed E-state index contributed by atoms with van der Waals surface area (Å²) < 4.78 is 0. The first kappa shape index (κ1) is 14.3. The summed E-state index contributed by atoms with van der Waals surface area (Å²) in [7, 11) is 0. The van der Waals surface area contributed by atoms with Gasteiger partial charge in [0.1, 0.15) is 0 Å². The normalized spacial score (nSPS) is 38.3. The minimum absolute atomic E-state index is 0.232. The lowest BCUT2D eigenvalue weighted by Crippen LogP contribution is -2.52. The second-order valence-corrected chi connectivity index (χ2v) is 8.48. The minimum atomic E-state index is 0.232. The highest BCUT2D eigenvalue weighted by molar-refractivity contribution is 5.11.